The lowest BCUT2D eigenvalue weighted by molar-refractivity contribution is -0.274. The van der Waals surface area contributed by atoms with Gasteiger partial charge in [0.05, 0.1) is 17.4 Å². The lowest BCUT2D eigenvalue weighted by Crippen LogP contribution is -2.16. The average Bonchev–Trinajstić information content (AvgIpc) is 2.79. The summed E-state index contributed by atoms with van der Waals surface area (Å²) in [6.07, 6.45) is -3.06. The van der Waals surface area contributed by atoms with Crippen molar-refractivity contribution < 1.29 is 22.6 Å². The minimum absolute atomic E-state index is 0.253. The maximum absolute atomic E-state index is 12.2. The molecular weight excluding hydrogens is 297 g/mol. The first-order valence-electron chi connectivity index (χ1n) is 6.35. The molecule has 0 saturated heterocycles. The predicted molar refractivity (Wildman–Crippen MR) is 73.9 cm³/mol. The lowest BCUT2D eigenvalue weighted by atomic mass is 10.3. The molecule has 0 fully saturated rings. The molecule has 22 heavy (non-hydrogen) atoms. The zero-order valence-electron chi connectivity index (χ0n) is 11.5. The highest BCUT2D eigenvalue weighted by atomic mass is 19.4. The van der Waals surface area contributed by atoms with Crippen LogP contribution in [0.3, 0.4) is 0 Å². The van der Waals surface area contributed by atoms with Gasteiger partial charge < -0.3 is 14.0 Å². The number of alkyl halides is 3. The number of benzene rings is 2. The van der Waals surface area contributed by atoms with Gasteiger partial charge in [-0.3, -0.25) is 0 Å². The number of rotatable bonds is 3. The highest BCUT2D eigenvalue weighted by Crippen LogP contribution is 2.29. The number of ether oxygens (including phenoxy) is 2. The van der Waals surface area contributed by atoms with Gasteiger partial charge in [0.25, 0.3) is 0 Å². The molecular formula is C15H11F3N2O2. The van der Waals surface area contributed by atoms with Gasteiger partial charge in [0, 0.05) is 19.2 Å². The van der Waals surface area contributed by atoms with E-state index < -0.39 is 6.36 Å². The molecule has 0 aliphatic heterocycles. The number of aromatic nitrogens is 2. The van der Waals surface area contributed by atoms with Crippen LogP contribution in [0.15, 0.2) is 48.8 Å². The molecule has 0 aliphatic carbocycles. The summed E-state index contributed by atoms with van der Waals surface area (Å²) in [6.45, 7) is 0. The van der Waals surface area contributed by atoms with Crippen molar-refractivity contribution in [2.24, 2.45) is 7.05 Å². The molecule has 1 aromatic heterocycles. The standard InChI is InChI=1S/C15H11F3N2O2/c1-20-9-19-13-6-5-11(8-14(13)20)21-10-3-2-4-12(7-10)22-15(16,17)18/h2-9H,1H3. The number of halogens is 3. The van der Waals surface area contributed by atoms with Gasteiger partial charge in [-0.2, -0.15) is 0 Å². The average molecular weight is 308 g/mol. The van der Waals surface area contributed by atoms with E-state index in [9.17, 15) is 13.2 Å². The third-order valence-corrected chi connectivity index (χ3v) is 2.97. The quantitative estimate of drug-likeness (QED) is 0.725. The SMILES string of the molecule is Cn1cnc2ccc(Oc3cccc(OC(F)(F)F)c3)cc21. The minimum Gasteiger partial charge on any atom is -0.457 e. The first-order valence-corrected chi connectivity index (χ1v) is 6.35. The summed E-state index contributed by atoms with van der Waals surface area (Å²) in [5.41, 5.74) is 1.67. The molecule has 0 N–H and O–H groups in total. The Hall–Kier alpha value is -2.70. The van der Waals surface area contributed by atoms with Gasteiger partial charge in [0.2, 0.25) is 0 Å². The summed E-state index contributed by atoms with van der Waals surface area (Å²) in [7, 11) is 1.84. The van der Waals surface area contributed by atoms with E-state index in [1.807, 2.05) is 11.6 Å². The topological polar surface area (TPSA) is 36.3 Å². The van der Waals surface area contributed by atoms with Crippen molar-refractivity contribution in [1.82, 2.24) is 9.55 Å². The Morgan fingerprint density at radius 1 is 1.00 bits per heavy atom. The second-order valence-corrected chi connectivity index (χ2v) is 4.63. The predicted octanol–water partition coefficient (Wildman–Crippen LogP) is 4.26. The van der Waals surface area contributed by atoms with E-state index in [0.29, 0.717) is 5.75 Å². The van der Waals surface area contributed by atoms with Gasteiger partial charge in [-0.15, -0.1) is 13.2 Å². The van der Waals surface area contributed by atoms with E-state index in [0.717, 1.165) is 11.0 Å². The van der Waals surface area contributed by atoms with Crippen molar-refractivity contribution in [3.8, 4) is 17.2 Å². The molecule has 3 aromatic rings. The van der Waals surface area contributed by atoms with E-state index in [4.69, 9.17) is 4.74 Å². The molecule has 4 nitrogen and oxygen atoms in total. The van der Waals surface area contributed by atoms with Crippen LogP contribution < -0.4 is 9.47 Å². The summed E-state index contributed by atoms with van der Waals surface area (Å²) in [5, 5.41) is 0. The number of imidazole rings is 1. The van der Waals surface area contributed by atoms with Crippen LogP contribution >= 0.6 is 0 Å². The molecule has 0 amide bonds. The number of nitrogens with zero attached hydrogens (tertiary/aromatic N) is 2. The van der Waals surface area contributed by atoms with E-state index >= 15 is 0 Å². The fraction of sp³-hybridized carbons (Fsp3) is 0.133. The zero-order valence-corrected chi connectivity index (χ0v) is 11.5. The monoisotopic (exact) mass is 308 g/mol. The Kier molecular flexibility index (Phi) is 3.40. The third kappa shape index (κ3) is 3.13. The molecule has 7 heteroatoms. The largest absolute Gasteiger partial charge is 0.573 e. The van der Waals surface area contributed by atoms with Gasteiger partial charge in [-0.1, -0.05) is 6.07 Å². The molecule has 2 aromatic carbocycles. The van der Waals surface area contributed by atoms with Crippen LogP contribution in [0.4, 0.5) is 13.2 Å². The molecule has 0 aliphatic rings. The Morgan fingerprint density at radius 2 is 1.73 bits per heavy atom. The summed E-state index contributed by atoms with van der Waals surface area (Å²) in [4.78, 5) is 4.18. The van der Waals surface area contributed by atoms with Crippen LogP contribution in [0.5, 0.6) is 17.2 Å². The van der Waals surface area contributed by atoms with E-state index in [-0.39, 0.29) is 11.5 Å². The first kappa shape index (κ1) is 14.2. The normalized spacial score (nSPS) is 11.6. The summed E-state index contributed by atoms with van der Waals surface area (Å²) in [6, 6.07) is 10.6. The van der Waals surface area contributed by atoms with Crippen molar-refractivity contribution in [3.05, 3.63) is 48.8 Å². The van der Waals surface area contributed by atoms with Crippen LogP contribution in [-0.4, -0.2) is 15.9 Å². The number of hydrogen-bond acceptors (Lipinski definition) is 3. The number of aryl methyl sites for hydroxylation is 1. The fourth-order valence-electron chi connectivity index (χ4n) is 2.04. The molecule has 0 unspecified atom stereocenters. The molecule has 0 saturated carbocycles. The number of fused-ring (bicyclic) bond motifs is 1. The van der Waals surface area contributed by atoms with Gasteiger partial charge in [-0.05, 0) is 24.3 Å². The third-order valence-electron chi connectivity index (χ3n) is 2.97. The van der Waals surface area contributed by atoms with Crippen LogP contribution in [0.2, 0.25) is 0 Å². The molecule has 0 bridgehead atoms. The van der Waals surface area contributed by atoms with Crippen molar-refractivity contribution in [2.45, 2.75) is 6.36 Å². The molecule has 0 radical (unpaired) electrons. The molecule has 1 heterocycles. The van der Waals surface area contributed by atoms with Crippen molar-refractivity contribution in [1.29, 1.82) is 0 Å². The summed E-state index contributed by atoms with van der Waals surface area (Å²) < 4.78 is 47.9. The Balaban J connectivity index is 1.85. The van der Waals surface area contributed by atoms with Crippen molar-refractivity contribution in [3.63, 3.8) is 0 Å². The van der Waals surface area contributed by atoms with Crippen LogP contribution in [0.25, 0.3) is 11.0 Å². The highest BCUT2D eigenvalue weighted by molar-refractivity contribution is 5.77. The smallest absolute Gasteiger partial charge is 0.457 e. The fourth-order valence-corrected chi connectivity index (χ4v) is 2.04. The Labute approximate surface area is 123 Å². The maximum Gasteiger partial charge on any atom is 0.573 e. The second-order valence-electron chi connectivity index (χ2n) is 4.63. The van der Waals surface area contributed by atoms with Gasteiger partial charge >= 0.3 is 6.36 Å². The van der Waals surface area contributed by atoms with Gasteiger partial charge in [-0.25, -0.2) is 4.98 Å². The van der Waals surface area contributed by atoms with Crippen molar-refractivity contribution >= 4 is 11.0 Å². The maximum atomic E-state index is 12.2. The molecule has 0 atom stereocenters. The van der Waals surface area contributed by atoms with Crippen LogP contribution in [0.1, 0.15) is 0 Å². The first-order chi connectivity index (χ1) is 10.4. The van der Waals surface area contributed by atoms with Gasteiger partial charge in [0.15, 0.2) is 0 Å². The lowest BCUT2D eigenvalue weighted by Gasteiger charge is -2.11. The summed E-state index contributed by atoms with van der Waals surface area (Å²) in [5.74, 6) is 0.426. The van der Waals surface area contributed by atoms with Crippen molar-refractivity contribution in [2.75, 3.05) is 0 Å². The highest BCUT2D eigenvalue weighted by Gasteiger charge is 2.31. The van der Waals surface area contributed by atoms with E-state index in [1.54, 1.807) is 30.6 Å². The summed E-state index contributed by atoms with van der Waals surface area (Å²) >= 11 is 0. The van der Waals surface area contributed by atoms with Crippen LogP contribution in [-0.2, 0) is 7.05 Å². The molecule has 114 valence electrons. The van der Waals surface area contributed by atoms with E-state index in [2.05, 4.69) is 9.72 Å². The molecule has 0 spiro atoms. The van der Waals surface area contributed by atoms with Gasteiger partial charge in [0.1, 0.15) is 17.2 Å². The molecule has 3 rings (SSSR count). The van der Waals surface area contributed by atoms with E-state index in [1.165, 1.54) is 18.2 Å². The second kappa shape index (κ2) is 5.25. The minimum atomic E-state index is -4.73. The Bertz CT molecular complexity index is 812. The Morgan fingerprint density at radius 3 is 2.50 bits per heavy atom. The zero-order chi connectivity index (χ0) is 15.7. The number of hydrogen-bond donors (Lipinski definition) is 0. The van der Waals surface area contributed by atoms with Crippen LogP contribution in [0, 0.1) is 0 Å².